The standard InChI is InChI=1S/C23H27ClN4O2/c1-16-12-19(27-10-8-26(2)9-11-27)6-7-21(16)25-23(30)17-13-22(29)28(15-17)20-5-3-4-18(24)14-20/h3-7,12,14,17H,8-11,13,15H2,1-2H3,(H,25,30). The van der Waals surface area contributed by atoms with Gasteiger partial charge in [0.15, 0.2) is 0 Å². The van der Waals surface area contributed by atoms with Gasteiger partial charge in [0, 0.05) is 61.2 Å². The van der Waals surface area contributed by atoms with Crippen LogP contribution in [0.2, 0.25) is 5.02 Å². The second kappa shape index (κ2) is 8.66. The zero-order valence-electron chi connectivity index (χ0n) is 17.4. The van der Waals surface area contributed by atoms with Crippen LogP contribution in [0.25, 0.3) is 0 Å². The summed E-state index contributed by atoms with van der Waals surface area (Å²) >= 11 is 6.05. The molecule has 2 aromatic carbocycles. The lowest BCUT2D eigenvalue weighted by atomic mass is 10.1. The van der Waals surface area contributed by atoms with E-state index in [0.29, 0.717) is 11.6 Å². The first-order chi connectivity index (χ1) is 14.4. The van der Waals surface area contributed by atoms with E-state index in [2.05, 4.69) is 34.3 Å². The van der Waals surface area contributed by atoms with Crippen molar-refractivity contribution in [2.75, 3.05) is 54.9 Å². The van der Waals surface area contributed by atoms with Crippen LogP contribution in [-0.4, -0.2) is 56.5 Å². The van der Waals surface area contributed by atoms with E-state index in [-0.39, 0.29) is 24.2 Å². The van der Waals surface area contributed by atoms with Crippen molar-refractivity contribution in [2.24, 2.45) is 5.92 Å². The Labute approximate surface area is 182 Å². The molecule has 2 heterocycles. The van der Waals surface area contributed by atoms with Gasteiger partial charge in [-0.25, -0.2) is 0 Å². The third-order valence-electron chi connectivity index (χ3n) is 5.95. The number of piperazine rings is 1. The molecule has 0 bridgehead atoms. The van der Waals surface area contributed by atoms with Gasteiger partial charge in [-0.15, -0.1) is 0 Å². The van der Waals surface area contributed by atoms with E-state index in [1.54, 1.807) is 17.0 Å². The lowest BCUT2D eigenvalue weighted by Gasteiger charge is -2.34. The molecule has 30 heavy (non-hydrogen) atoms. The molecule has 1 N–H and O–H groups in total. The molecule has 4 rings (SSSR count). The normalized spacial score (nSPS) is 20.0. The molecule has 158 valence electrons. The van der Waals surface area contributed by atoms with Gasteiger partial charge >= 0.3 is 0 Å². The third kappa shape index (κ3) is 4.45. The maximum absolute atomic E-state index is 12.8. The Morgan fingerprint density at radius 2 is 1.83 bits per heavy atom. The number of hydrogen-bond donors (Lipinski definition) is 1. The first-order valence-corrected chi connectivity index (χ1v) is 10.7. The van der Waals surface area contributed by atoms with Crippen molar-refractivity contribution in [3.8, 4) is 0 Å². The van der Waals surface area contributed by atoms with Crippen molar-refractivity contribution >= 4 is 40.5 Å². The number of halogens is 1. The van der Waals surface area contributed by atoms with Crippen LogP contribution in [0.5, 0.6) is 0 Å². The maximum atomic E-state index is 12.8. The summed E-state index contributed by atoms with van der Waals surface area (Å²) in [7, 11) is 2.14. The van der Waals surface area contributed by atoms with Crippen molar-refractivity contribution in [1.82, 2.24) is 4.90 Å². The number of anilines is 3. The Bertz CT molecular complexity index is 956. The highest BCUT2D eigenvalue weighted by Crippen LogP contribution is 2.29. The van der Waals surface area contributed by atoms with Gasteiger partial charge in [-0.2, -0.15) is 0 Å². The highest BCUT2D eigenvalue weighted by Gasteiger charge is 2.35. The second-order valence-electron chi connectivity index (χ2n) is 8.16. The Morgan fingerprint density at radius 1 is 1.07 bits per heavy atom. The van der Waals surface area contributed by atoms with Crippen LogP contribution in [-0.2, 0) is 9.59 Å². The summed E-state index contributed by atoms with van der Waals surface area (Å²) in [5.41, 5.74) is 3.74. The van der Waals surface area contributed by atoms with Gasteiger partial charge in [-0.05, 0) is 55.9 Å². The van der Waals surface area contributed by atoms with Crippen LogP contribution >= 0.6 is 11.6 Å². The number of nitrogens with one attached hydrogen (secondary N) is 1. The highest BCUT2D eigenvalue weighted by molar-refractivity contribution is 6.31. The average molecular weight is 427 g/mol. The molecule has 0 saturated carbocycles. The van der Waals surface area contributed by atoms with Gasteiger partial charge < -0.3 is 20.0 Å². The minimum atomic E-state index is -0.381. The minimum absolute atomic E-state index is 0.0560. The molecule has 2 fully saturated rings. The summed E-state index contributed by atoms with van der Waals surface area (Å²) in [5, 5.41) is 3.60. The average Bonchev–Trinajstić information content (AvgIpc) is 3.12. The predicted octanol–water partition coefficient (Wildman–Crippen LogP) is 3.39. The van der Waals surface area contributed by atoms with Crippen LogP contribution in [0.3, 0.4) is 0 Å². The molecule has 6 nitrogen and oxygen atoms in total. The van der Waals surface area contributed by atoms with E-state index in [9.17, 15) is 9.59 Å². The van der Waals surface area contributed by atoms with Crippen molar-refractivity contribution in [2.45, 2.75) is 13.3 Å². The molecule has 0 spiro atoms. The molecule has 0 aromatic heterocycles. The Morgan fingerprint density at radius 3 is 2.53 bits per heavy atom. The topological polar surface area (TPSA) is 55.9 Å². The van der Waals surface area contributed by atoms with Gasteiger partial charge in [-0.1, -0.05) is 17.7 Å². The van der Waals surface area contributed by atoms with Gasteiger partial charge in [-0.3, -0.25) is 9.59 Å². The van der Waals surface area contributed by atoms with Crippen LogP contribution in [0.1, 0.15) is 12.0 Å². The first-order valence-electron chi connectivity index (χ1n) is 10.3. The SMILES string of the molecule is Cc1cc(N2CCN(C)CC2)ccc1NC(=O)C1CC(=O)N(c2cccc(Cl)c2)C1. The Balaban J connectivity index is 1.41. The summed E-state index contributed by atoms with van der Waals surface area (Å²) in [4.78, 5) is 31.6. The third-order valence-corrected chi connectivity index (χ3v) is 6.19. The molecule has 2 saturated heterocycles. The number of hydrogen-bond acceptors (Lipinski definition) is 4. The number of benzene rings is 2. The number of carbonyl (C=O) groups excluding carboxylic acids is 2. The lowest BCUT2D eigenvalue weighted by molar-refractivity contribution is -0.122. The van der Waals surface area contributed by atoms with E-state index in [1.165, 1.54) is 5.69 Å². The van der Waals surface area contributed by atoms with E-state index < -0.39 is 0 Å². The Hall–Kier alpha value is -2.57. The number of rotatable bonds is 4. The number of carbonyl (C=O) groups is 2. The van der Waals surface area contributed by atoms with Crippen LogP contribution in [0.15, 0.2) is 42.5 Å². The highest BCUT2D eigenvalue weighted by atomic mass is 35.5. The first kappa shape index (κ1) is 20.7. The predicted molar refractivity (Wildman–Crippen MR) is 121 cm³/mol. The quantitative estimate of drug-likeness (QED) is 0.814. The summed E-state index contributed by atoms with van der Waals surface area (Å²) in [6, 6.07) is 13.3. The maximum Gasteiger partial charge on any atom is 0.229 e. The molecular weight excluding hydrogens is 400 g/mol. The summed E-state index contributed by atoms with van der Waals surface area (Å²) in [6.07, 6.45) is 0.205. The van der Waals surface area contributed by atoms with Gasteiger partial charge in [0.25, 0.3) is 0 Å². The Kier molecular flexibility index (Phi) is 5.97. The smallest absolute Gasteiger partial charge is 0.229 e. The molecule has 0 aliphatic carbocycles. The summed E-state index contributed by atoms with van der Waals surface area (Å²) in [6.45, 7) is 6.49. The number of aryl methyl sites for hydroxylation is 1. The molecule has 2 aliphatic rings. The number of nitrogens with zero attached hydrogens (tertiary/aromatic N) is 3. The summed E-state index contributed by atoms with van der Waals surface area (Å²) in [5.74, 6) is -0.559. The molecule has 0 radical (unpaired) electrons. The van der Waals surface area contributed by atoms with Crippen LogP contribution < -0.4 is 15.1 Å². The van der Waals surface area contributed by atoms with Gasteiger partial charge in [0.2, 0.25) is 11.8 Å². The molecule has 2 amide bonds. The molecular formula is C23H27ClN4O2. The summed E-state index contributed by atoms with van der Waals surface area (Å²) < 4.78 is 0. The molecule has 1 unspecified atom stereocenters. The van der Waals surface area contributed by atoms with Crippen molar-refractivity contribution in [3.63, 3.8) is 0 Å². The minimum Gasteiger partial charge on any atom is -0.369 e. The zero-order valence-corrected chi connectivity index (χ0v) is 18.2. The number of likely N-dealkylation sites (N-methyl/N-ethyl adjacent to an activating group) is 1. The fourth-order valence-corrected chi connectivity index (χ4v) is 4.25. The van der Waals surface area contributed by atoms with Crippen molar-refractivity contribution in [3.05, 3.63) is 53.1 Å². The fourth-order valence-electron chi connectivity index (χ4n) is 4.06. The van der Waals surface area contributed by atoms with Crippen molar-refractivity contribution < 1.29 is 9.59 Å². The second-order valence-corrected chi connectivity index (χ2v) is 8.60. The molecule has 2 aromatic rings. The van der Waals surface area contributed by atoms with Crippen molar-refractivity contribution in [1.29, 1.82) is 0 Å². The molecule has 7 heteroatoms. The largest absolute Gasteiger partial charge is 0.369 e. The molecule has 1 atom stereocenters. The lowest BCUT2D eigenvalue weighted by Crippen LogP contribution is -2.44. The monoisotopic (exact) mass is 426 g/mol. The van der Waals surface area contributed by atoms with E-state index in [1.807, 2.05) is 25.1 Å². The van der Waals surface area contributed by atoms with Gasteiger partial charge in [0.1, 0.15) is 0 Å². The zero-order chi connectivity index (χ0) is 21.3. The number of amides is 2. The van der Waals surface area contributed by atoms with Crippen LogP contribution in [0.4, 0.5) is 17.1 Å². The van der Waals surface area contributed by atoms with E-state index >= 15 is 0 Å². The van der Waals surface area contributed by atoms with E-state index in [4.69, 9.17) is 11.6 Å². The fraction of sp³-hybridized carbons (Fsp3) is 0.391. The molecule has 2 aliphatic heterocycles. The van der Waals surface area contributed by atoms with E-state index in [0.717, 1.165) is 43.1 Å². The van der Waals surface area contributed by atoms with Crippen LogP contribution in [0, 0.1) is 12.8 Å². The van der Waals surface area contributed by atoms with Gasteiger partial charge in [0.05, 0.1) is 5.92 Å².